The van der Waals surface area contributed by atoms with Crippen LogP contribution in [0.25, 0.3) is 0 Å². The summed E-state index contributed by atoms with van der Waals surface area (Å²) < 4.78 is 0. The molecule has 1 nitrogen and oxygen atoms in total. The molecule has 0 heterocycles. The average Bonchev–Trinajstić information content (AvgIpc) is 2.85. The van der Waals surface area contributed by atoms with Gasteiger partial charge in [0.2, 0.25) is 0 Å². The van der Waals surface area contributed by atoms with Crippen molar-refractivity contribution in [3.05, 3.63) is 34.9 Å². The molecule has 2 aliphatic carbocycles. The SMILES string of the molecule is NC1(c2cccc3c2CCC3)CCCC1. The van der Waals surface area contributed by atoms with Crippen molar-refractivity contribution in [1.29, 1.82) is 0 Å². The van der Waals surface area contributed by atoms with Crippen molar-refractivity contribution < 1.29 is 0 Å². The zero-order valence-corrected chi connectivity index (χ0v) is 9.26. The molecule has 0 unspecified atom stereocenters. The standard InChI is InChI=1S/C14H19N/c15-14(9-1-2-10-14)13-8-4-6-11-5-3-7-12(11)13/h4,6,8H,1-3,5,7,9-10,15H2. The van der Waals surface area contributed by atoms with E-state index in [0.717, 1.165) is 0 Å². The van der Waals surface area contributed by atoms with Gasteiger partial charge in [-0.25, -0.2) is 0 Å². The van der Waals surface area contributed by atoms with Crippen molar-refractivity contribution in [3.8, 4) is 0 Å². The van der Waals surface area contributed by atoms with Gasteiger partial charge in [-0.15, -0.1) is 0 Å². The average molecular weight is 201 g/mol. The summed E-state index contributed by atoms with van der Waals surface area (Å²) in [6.07, 6.45) is 8.82. The van der Waals surface area contributed by atoms with Gasteiger partial charge in [-0.2, -0.15) is 0 Å². The van der Waals surface area contributed by atoms with Crippen LogP contribution in [0.15, 0.2) is 18.2 Å². The summed E-state index contributed by atoms with van der Waals surface area (Å²) in [5.74, 6) is 0. The van der Waals surface area contributed by atoms with Gasteiger partial charge >= 0.3 is 0 Å². The van der Waals surface area contributed by atoms with Gasteiger partial charge in [-0.3, -0.25) is 0 Å². The van der Waals surface area contributed by atoms with Crippen LogP contribution in [-0.4, -0.2) is 0 Å². The highest BCUT2D eigenvalue weighted by Gasteiger charge is 2.34. The number of aryl methyl sites for hydroxylation is 1. The van der Waals surface area contributed by atoms with E-state index in [2.05, 4.69) is 18.2 Å². The fourth-order valence-corrected chi connectivity index (χ4v) is 3.36. The molecule has 1 aromatic carbocycles. The lowest BCUT2D eigenvalue weighted by molar-refractivity contribution is 0.458. The molecule has 0 bridgehead atoms. The minimum absolute atomic E-state index is 0.00961. The summed E-state index contributed by atoms with van der Waals surface area (Å²) in [6.45, 7) is 0. The second-order valence-electron chi connectivity index (χ2n) is 5.16. The Balaban J connectivity index is 2.08. The van der Waals surface area contributed by atoms with E-state index < -0.39 is 0 Å². The molecule has 0 aromatic heterocycles. The van der Waals surface area contributed by atoms with Gasteiger partial charge in [0.25, 0.3) is 0 Å². The maximum atomic E-state index is 6.55. The van der Waals surface area contributed by atoms with E-state index in [1.165, 1.54) is 50.5 Å². The Morgan fingerprint density at radius 3 is 2.60 bits per heavy atom. The van der Waals surface area contributed by atoms with E-state index in [4.69, 9.17) is 5.73 Å². The fourth-order valence-electron chi connectivity index (χ4n) is 3.36. The van der Waals surface area contributed by atoms with Gasteiger partial charge in [-0.1, -0.05) is 31.0 Å². The maximum Gasteiger partial charge on any atom is 0.0412 e. The molecule has 3 rings (SSSR count). The molecule has 1 aromatic rings. The van der Waals surface area contributed by atoms with Crippen LogP contribution in [0, 0.1) is 0 Å². The molecule has 0 aliphatic heterocycles. The van der Waals surface area contributed by atoms with Crippen molar-refractivity contribution in [2.45, 2.75) is 50.5 Å². The number of hydrogen-bond acceptors (Lipinski definition) is 1. The van der Waals surface area contributed by atoms with E-state index in [-0.39, 0.29) is 5.54 Å². The summed E-state index contributed by atoms with van der Waals surface area (Å²) >= 11 is 0. The first kappa shape index (κ1) is 9.41. The zero-order chi connectivity index (χ0) is 10.3. The summed E-state index contributed by atoms with van der Waals surface area (Å²) in [6, 6.07) is 6.76. The molecule has 2 aliphatic rings. The Morgan fingerprint density at radius 2 is 1.80 bits per heavy atom. The number of benzene rings is 1. The van der Waals surface area contributed by atoms with Crippen molar-refractivity contribution in [1.82, 2.24) is 0 Å². The smallest absolute Gasteiger partial charge is 0.0412 e. The van der Waals surface area contributed by atoms with Gasteiger partial charge in [0.15, 0.2) is 0 Å². The van der Waals surface area contributed by atoms with Crippen LogP contribution in [0.1, 0.15) is 48.8 Å². The lowest BCUT2D eigenvalue weighted by Gasteiger charge is -2.27. The van der Waals surface area contributed by atoms with E-state index in [0.29, 0.717) is 0 Å². The molecule has 0 radical (unpaired) electrons. The number of nitrogens with two attached hydrogens (primary N) is 1. The van der Waals surface area contributed by atoms with E-state index in [1.54, 1.807) is 11.1 Å². The van der Waals surface area contributed by atoms with E-state index in [1.807, 2.05) is 0 Å². The Morgan fingerprint density at radius 1 is 1.00 bits per heavy atom. The Bertz CT molecular complexity index is 375. The maximum absolute atomic E-state index is 6.55. The van der Waals surface area contributed by atoms with Crippen LogP contribution in [0.3, 0.4) is 0 Å². The summed E-state index contributed by atoms with van der Waals surface area (Å²) in [4.78, 5) is 0. The van der Waals surface area contributed by atoms with Gasteiger partial charge < -0.3 is 5.73 Å². The highest BCUT2D eigenvalue weighted by atomic mass is 14.8. The molecule has 80 valence electrons. The van der Waals surface area contributed by atoms with Crippen LogP contribution < -0.4 is 5.73 Å². The van der Waals surface area contributed by atoms with Crippen molar-refractivity contribution in [3.63, 3.8) is 0 Å². The van der Waals surface area contributed by atoms with Crippen molar-refractivity contribution in [2.24, 2.45) is 5.73 Å². The quantitative estimate of drug-likeness (QED) is 0.743. The monoisotopic (exact) mass is 201 g/mol. The molecule has 15 heavy (non-hydrogen) atoms. The highest BCUT2D eigenvalue weighted by molar-refractivity contribution is 5.42. The molecule has 1 heteroatoms. The minimum Gasteiger partial charge on any atom is -0.321 e. The van der Waals surface area contributed by atoms with Crippen LogP contribution in [-0.2, 0) is 18.4 Å². The van der Waals surface area contributed by atoms with Crippen molar-refractivity contribution >= 4 is 0 Å². The summed E-state index contributed by atoms with van der Waals surface area (Å²) in [5.41, 5.74) is 11.2. The Kier molecular flexibility index (Phi) is 2.10. The van der Waals surface area contributed by atoms with Crippen LogP contribution in [0.5, 0.6) is 0 Å². The normalized spacial score (nSPS) is 23.0. The lowest BCUT2D eigenvalue weighted by atomic mass is 9.85. The Hall–Kier alpha value is -0.820. The molecule has 1 fully saturated rings. The molecule has 0 amide bonds. The van der Waals surface area contributed by atoms with E-state index in [9.17, 15) is 0 Å². The van der Waals surface area contributed by atoms with Gasteiger partial charge in [0, 0.05) is 5.54 Å². The third-order valence-electron chi connectivity index (χ3n) is 4.18. The third-order valence-corrected chi connectivity index (χ3v) is 4.18. The van der Waals surface area contributed by atoms with Gasteiger partial charge in [-0.05, 0) is 48.8 Å². The molecular formula is C14H19N. The number of fused-ring (bicyclic) bond motifs is 1. The first-order valence-electron chi connectivity index (χ1n) is 6.20. The zero-order valence-electron chi connectivity index (χ0n) is 9.26. The topological polar surface area (TPSA) is 26.0 Å². The Labute approximate surface area is 91.7 Å². The second-order valence-corrected chi connectivity index (χ2v) is 5.16. The van der Waals surface area contributed by atoms with E-state index >= 15 is 0 Å². The first-order valence-corrected chi connectivity index (χ1v) is 6.20. The minimum atomic E-state index is 0.00961. The van der Waals surface area contributed by atoms with Gasteiger partial charge in [0.1, 0.15) is 0 Å². The largest absolute Gasteiger partial charge is 0.321 e. The lowest BCUT2D eigenvalue weighted by Crippen LogP contribution is -2.34. The summed E-state index contributed by atoms with van der Waals surface area (Å²) in [5, 5.41) is 0. The molecule has 2 N–H and O–H groups in total. The molecule has 0 spiro atoms. The predicted octanol–water partition coefficient (Wildman–Crippen LogP) is 2.90. The van der Waals surface area contributed by atoms with Gasteiger partial charge in [0.05, 0.1) is 0 Å². The van der Waals surface area contributed by atoms with Crippen molar-refractivity contribution in [2.75, 3.05) is 0 Å². The van der Waals surface area contributed by atoms with Crippen LogP contribution in [0.2, 0.25) is 0 Å². The molecular weight excluding hydrogens is 182 g/mol. The molecule has 1 saturated carbocycles. The third kappa shape index (κ3) is 1.41. The predicted molar refractivity (Wildman–Crippen MR) is 62.8 cm³/mol. The van der Waals surface area contributed by atoms with Crippen LogP contribution >= 0.6 is 0 Å². The molecule has 0 saturated heterocycles. The number of rotatable bonds is 1. The first-order chi connectivity index (χ1) is 7.30. The number of hydrogen-bond donors (Lipinski definition) is 1. The summed E-state index contributed by atoms with van der Waals surface area (Å²) in [7, 11) is 0. The van der Waals surface area contributed by atoms with Crippen LogP contribution in [0.4, 0.5) is 0 Å². The highest BCUT2D eigenvalue weighted by Crippen LogP contribution is 2.40. The fraction of sp³-hybridized carbons (Fsp3) is 0.571. The molecule has 0 atom stereocenters. The second kappa shape index (κ2) is 3.34.